The number of rotatable bonds is 7. The minimum absolute atomic E-state index is 0.00475. The molecule has 0 unspecified atom stereocenters. The molecule has 2 saturated heterocycles. The van der Waals surface area contributed by atoms with Gasteiger partial charge in [0.2, 0.25) is 5.91 Å². The van der Waals surface area contributed by atoms with Crippen LogP contribution < -0.4 is 4.90 Å². The molecule has 1 aromatic carbocycles. The van der Waals surface area contributed by atoms with Crippen LogP contribution in [0.25, 0.3) is 6.08 Å². The van der Waals surface area contributed by atoms with Crippen LogP contribution in [0.5, 0.6) is 0 Å². The van der Waals surface area contributed by atoms with E-state index in [9.17, 15) is 9.59 Å². The van der Waals surface area contributed by atoms with Crippen molar-refractivity contribution in [1.82, 2.24) is 9.80 Å². The second kappa shape index (κ2) is 10.2. The number of thiocarbonyl (C=S) groups is 1. The number of hydrogen-bond acceptors (Lipinski definition) is 4. The second-order valence-electron chi connectivity index (χ2n) is 7.39. The average Bonchev–Trinajstić information content (AvgIpc) is 2.96. The third kappa shape index (κ3) is 5.65. The summed E-state index contributed by atoms with van der Waals surface area (Å²) in [6, 6.07) is 9.82. The summed E-state index contributed by atoms with van der Waals surface area (Å²) >= 11 is 6.76. The quantitative estimate of drug-likeness (QED) is 0.417. The number of carbonyl (C=O) groups is 2. The van der Waals surface area contributed by atoms with Crippen LogP contribution in [0.4, 0.5) is 0 Å². The van der Waals surface area contributed by atoms with Crippen molar-refractivity contribution in [3.63, 3.8) is 0 Å². The van der Waals surface area contributed by atoms with Gasteiger partial charge in [-0.15, -0.1) is 0 Å². The van der Waals surface area contributed by atoms with E-state index in [4.69, 9.17) is 12.2 Å². The molecule has 0 bridgehead atoms. The summed E-state index contributed by atoms with van der Waals surface area (Å²) in [7, 11) is 2.17. The Morgan fingerprint density at radius 2 is 1.89 bits per heavy atom. The number of nitrogens with one attached hydrogen (secondary N) is 1. The molecular formula is C21H28N3O2S2+. The zero-order valence-electron chi connectivity index (χ0n) is 16.4. The number of benzene rings is 1. The zero-order chi connectivity index (χ0) is 19.9. The molecule has 0 saturated carbocycles. The molecule has 2 aliphatic rings. The minimum Gasteiger partial charge on any atom is -0.334 e. The van der Waals surface area contributed by atoms with Gasteiger partial charge in [-0.2, -0.15) is 0 Å². The lowest BCUT2D eigenvalue weighted by atomic mass is 10.1. The fraction of sp³-hybridized carbons (Fsp3) is 0.476. The SMILES string of the molecule is C[NH+]1CCN(C(=O)CCCCCN2C(=O)/C(=C\c3ccccc3)SC2=S)CC1. The average molecular weight is 419 g/mol. The maximum Gasteiger partial charge on any atom is 0.266 e. The van der Waals surface area contributed by atoms with E-state index in [0.29, 0.717) is 22.2 Å². The highest BCUT2D eigenvalue weighted by Crippen LogP contribution is 2.32. The fourth-order valence-corrected chi connectivity index (χ4v) is 4.72. The van der Waals surface area contributed by atoms with E-state index in [-0.39, 0.29) is 11.8 Å². The van der Waals surface area contributed by atoms with E-state index in [1.165, 1.54) is 16.7 Å². The Hall–Kier alpha value is -1.70. The summed E-state index contributed by atoms with van der Waals surface area (Å²) in [6.07, 6.45) is 5.17. The first-order valence-corrected chi connectivity index (χ1v) is 11.2. The molecule has 3 rings (SSSR count). The zero-order valence-corrected chi connectivity index (χ0v) is 18.0. The number of carbonyl (C=O) groups excluding carboxylic acids is 2. The number of nitrogens with zero attached hydrogens (tertiary/aromatic N) is 2. The van der Waals surface area contributed by atoms with Crippen LogP contribution in [0.1, 0.15) is 31.2 Å². The number of piperazine rings is 1. The molecule has 0 atom stereocenters. The Labute approximate surface area is 176 Å². The first kappa shape index (κ1) is 21.0. The summed E-state index contributed by atoms with van der Waals surface area (Å²) in [5.41, 5.74) is 1.01. The summed E-state index contributed by atoms with van der Waals surface area (Å²) in [4.78, 5) is 30.7. The van der Waals surface area contributed by atoms with Crippen molar-refractivity contribution >= 4 is 46.2 Å². The number of unbranched alkanes of at least 4 members (excludes halogenated alkanes) is 2. The molecular weight excluding hydrogens is 390 g/mol. The number of amides is 2. The molecule has 0 aliphatic carbocycles. The van der Waals surface area contributed by atoms with Gasteiger partial charge in [-0.05, 0) is 24.5 Å². The van der Waals surface area contributed by atoms with Gasteiger partial charge in [-0.25, -0.2) is 0 Å². The highest BCUT2D eigenvalue weighted by atomic mass is 32.2. The van der Waals surface area contributed by atoms with Crippen molar-refractivity contribution in [2.75, 3.05) is 39.8 Å². The lowest BCUT2D eigenvalue weighted by Crippen LogP contribution is -3.12. The third-order valence-electron chi connectivity index (χ3n) is 5.21. The second-order valence-corrected chi connectivity index (χ2v) is 9.07. The van der Waals surface area contributed by atoms with Gasteiger partial charge >= 0.3 is 0 Å². The maximum absolute atomic E-state index is 12.6. The van der Waals surface area contributed by atoms with Gasteiger partial charge in [0.25, 0.3) is 5.91 Å². The summed E-state index contributed by atoms with van der Waals surface area (Å²) in [6.45, 7) is 4.44. The minimum atomic E-state index is -0.00475. The van der Waals surface area contributed by atoms with Crippen molar-refractivity contribution in [2.24, 2.45) is 0 Å². The van der Waals surface area contributed by atoms with E-state index in [0.717, 1.165) is 51.0 Å². The lowest BCUT2D eigenvalue weighted by Gasteiger charge is -2.30. The Balaban J connectivity index is 1.39. The number of hydrogen-bond donors (Lipinski definition) is 1. The van der Waals surface area contributed by atoms with Gasteiger partial charge in [0.1, 0.15) is 4.32 Å². The Morgan fingerprint density at radius 3 is 2.61 bits per heavy atom. The van der Waals surface area contributed by atoms with E-state index in [2.05, 4.69) is 7.05 Å². The van der Waals surface area contributed by atoms with Gasteiger partial charge in [0.15, 0.2) is 0 Å². The lowest BCUT2D eigenvalue weighted by molar-refractivity contribution is -0.883. The van der Waals surface area contributed by atoms with Gasteiger partial charge in [0.05, 0.1) is 38.1 Å². The molecule has 2 amide bonds. The molecule has 7 heteroatoms. The van der Waals surface area contributed by atoms with Crippen LogP contribution >= 0.6 is 24.0 Å². The summed E-state index contributed by atoms with van der Waals surface area (Å²) < 4.78 is 0.628. The van der Waals surface area contributed by atoms with Crippen molar-refractivity contribution < 1.29 is 14.5 Å². The van der Waals surface area contributed by atoms with E-state index < -0.39 is 0 Å². The maximum atomic E-state index is 12.6. The Morgan fingerprint density at radius 1 is 1.18 bits per heavy atom. The fourth-order valence-electron chi connectivity index (χ4n) is 3.41. The normalized spacial score (nSPS) is 19.7. The summed E-state index contributed by atoms with van der Waals surface area (Å²) in [5.74, 6) is 0.263. The van der Waals surface area contributed by atoms with Crippen molar-refractivity contribution in [2.45, 2.75) is 25.7 Å². The van der Waals surface area contributed by atoms with Crippen LogP contribution in [0.15, 0.2) is 35.2 Å². The van der Waals surface area contributed by atoms with Gasteiger partial charge in [0, 0.05) is 13.0 Å². The van der Waals surface area contributed by atoms with Gasteiger partial charge in [-0.3, -0.25) is 14.5 Å². The highest BCUT2D eigenvalue weighted by molar-refractivity contribution is 8.26. The Kier molecular flexibility index (Phi) is 7.65. The molecule has 5 nitrogen and oxygen atoms in total. The summed E-state index contributed by atoms with van der Waals surface area (Å²) in [5, 5.41) is 0. The molecule has 1 aromatic rings. The van der Waals surface area contributed by atoms with Crippen molar-refractivity contribution in [3.8, 4) is 0 Å². The smallest absolute Gasteiger partial charge is 0.266 e. The molecule has 28 heavy (non-hydrogen) atoms. The first-order chi connectivity index (χ1) is 13.5. The van der Waals surface area contributed by atoms with Crippen LogP contribution in [-0.4, -0.2) is 65.7 Å². The molecule has 2 fully saturated rings. The van der Waals surface area contributed by atoms with Crippen LogP contribution in [-0.2, 0) is 9.59 Å². The number of thioether (sulfide) groups is 1. The first-order valence-electron chi connectivity index (χ1n) is 9.94. The van der Waals surface area contributed by atoms with Crippen LogP contribution in [0.3, 0.4) is 0 Å². The molecule has 0 radical (unpaired) electrons. The Bertz CT molecular complexity index is 743. The molecule has 2 heterocycles. The largest absolute Gasteiger partial charge is 0.334 e. The van der Waals surface area contributed by atoms with E-state index in [1.54, 1.807) is 4.90 Å². The van der Waals surface area contributed by atoms with Crippen LogP contribution in [0.2, 0.25) is 0 Å². The number of likely N-dealkylation sites (N-methyl/N-ethyl adjacent to an activating group) is 1. The predicted octanol–water partition coefficient (Wildman–Crippen LogP) is 1.81. The molecule has 150 valence electrons. The topological polar surface area (TPSA) is 45.1 Å². The third-order valence-corrected chi connectivity index (χ3v) is 6.59. The molecule has 1 N–H and O–H groups in total. The van der Waals surface area contributed by atoms with Gasteiger partial charge < -0.3 is 9.80 Å². The van der Waals surface area contributed by atoms with E-state index >= 15 is 0 Å². The van der Waals surface area contributed by atoms with Crippen molar-refractivity contribution in [1.29, 1.82) is 0 Å². The van der Waals surface area contributed by atoms with Gasteiger partial charge in [-0.1, -0.05) is 60.7 Å². The molecule has 0 spiro atoms. The van der Waals surface area contributed by atoms with Crippen LogP contribution in [0, 0.1) is 0 Å². The molecule has 0 aromatic heterocycles. The standard InChI is InChI=1S/C21H27N3O2S2/c1-22-12-14-23(15-13-22)19(25)10-6-3-7-11-24-20(26)18(28-21(24)27)16-17-8-4-2-5-9-17/h2,4-5,8-9,16H,3,6-7,10-15H2,1H3/p+1/b18-16+. The van der Waals surface area contributed by atoms with E-state index in [1.807, 2.05) is 41.3 Å². The monoisotopic (exact) mass is 418 g/mol. The van der Waals surface area contributed by atoms with Crippen molar-refractivity contribution in [3.05, 3.63) is 40.8 Å². The highest BCUT2D eigenvalue weighted by Gasteiger charge is 2.31. The number of quaternary nitrogens is 1. The molecule has 2 aliphatic heterocycles. The predicted molar refractivity (Wildman–Crippen MR) is 118 cm³/mol.